The van der Waals surface area contributed by atoms with Crippen molar-refractivity contribution in [2.75, 3.05) is 0 Å². The minimum atomic E-state index is 0.456. The number of halogens is 1. The quantitative estimate of drug-likeness (QED) is 0.789. The van der Waals surface area contributed by atoms with Gasteiger partial charge in [-0.15, -0.1) is 11.6 Å². The lowest BCUT2D eigenvalue weighted by Gasteiger charge is -2.21. The second-order valence-corrected chi connectivity index (χ2v) is 5.90. The standard InChI is InChI=1S/C14H18ClN3/c1-10(2)14(4-5-14)9-18-12-3-6-16-8-11(12)17-13(18)7-15/h3,6,8,10H,4-5,7,9H2,1-2H3. The molecule has 1 aliphatic rings. The summed E-state index contributed by atoms with van der Waals surface area (Å²) in [6.45, 7) is 5.66. The van der Waals surface area contributed by atoms with E-state index in [1.165, 1.54) is 12.8 Å². The summed E-state index contributed by atoms with van der Waals surface area (Å²) < 4.78 is 2.29. The van der Waals surface area contributed by atoms with Gasteiger partial charge in [0, 0.05) is 12.7 Å². The Labute approximate surface area is 112 Å². The molecule has 0 amide bonds. The Bertz CT molecular complexity index is 569. The molecule has 3 rings (SSSR count). The molecule has 0 aliphatic heterocycles. The highest BCUT2D eigenvalue weighted by molar-refractivity contribution is 6.16. The Morgan fingerprint density at radius 1 is 1.44 bits per heavy atom. The van der Waals surface area contributed by atoms with Gasteiger partial charge < -0.3 is 4.57 Å². The van der Waals surface area contributed by atoms with E-state index in [2.05, 4.69) is 28.4 Å². The van der Waals surface area contributed by atoms with Gasteiger partial charge in [-0.2, -0.15) is 0 Å². The molecule has 0 spiro atoms. The summed E-state index contributed by atoms with van der Waals surface area (Å²) in [6, 6.07) is 2.04. The van der Waals surface area contributed by atoms with Crippen LogP contribution in [0.2, 0.25) is 0 Å². The summed E-state index contributed by atoms with van der Waals surface area (Å²) in [5, 5.41) is 0. The van der Waals surface area contributed by atoms with Crippen LogP contribution in [0.25, 0.3) is 11.0 Å². The topological polar surface area (TPSA) is 30.7 Å². The third-order valence-corrected chi connectivity index (χ3v) is 4.58. The number of rotatable bonds is 4. The first-order valence-corrected chi connectivity index (χ1v) is 7.05. The second kappa shape index (κ2) is 4.23. The van der Waals surface area contributed by atoms with E-state index >= 15 is 0 Å². The number of aromatic nitrogens is 3. The number of imidazole rings is 1. The number of hydrogen-bond acceptors (Lipinski definition) is 2. The minimum absolute atomic E-state index is 0.456. The smallest absolute Gasteiger partial charge is 0.124 e. The molecule has 1 aliphatic carbocycles. The first-order valence-electron chi connectivity index (χ1n) is 6.51. The molecule has 0 atom stereocenters. The average Bonchev–Trinajstić information content (AvgIpc) is 3.07. The Kier molecular flexibility index (Phi) is 2.81. The van der Waals surface area contributed by atoms with Gasteiger partial charge in [-0.25, -0.2) is 4.98 Å². The van der Waals surface area contributed by atoms with E-state index in [1.54, 1.807) is 0 Å². The van der Waals surface area contributed by atoms with Crippen molar-refractivity contribution < 1.29 is 0 Å². The molecule has 0 radical (unpaired) electrons. The number of hydrogen-bond donors (Lipinski definition) is 0. The molecule has 2 heterocycles. The maximum atomic E-state index is 6.03. The third kappa shape index (κ3) is 1.81. The Hall–Kier alpha value is -1.09. The molecule has 96 valence electrons. The summed E-state index contributed by atoms with van der Waals surface area (Å²) in [7, 11) is 0. The average molecular weight is 264 g/mol. The molecule has 2 aromatic heterocycles. The Balaban J connectivity index is 2.05. The monoisotopic (exact) mass is 263 g/mol. The lowest BCUT2D eigenvalue weighted by molar-refractivity contribution is 0.309. The van der Waals surface area contributed by atoms with Crippen LogP contribution in [0.15, 0.2) is 18.5 Å². The van der Waals surface area contributed by atoms with Crippen molar-refractivity contribution in [3.8, 4) is 0 Å². The molecule has 0 bridgehead atoms. The van der Waals surface area contributed by atoms with Gasteiger partial charge in [-0.3, -0.25) is 4.98 Å². The van der Waals surface area contributed by atoms with Gasteiger partial charge in [-0.05, 0) is 30.2 Å². The van der Waals surface area contributed by atoms with Crippen LogP contribution in [-0.2, 0) is 12.4 Å². The predicted molar refractivity (Wildman–Crippen MR) is 73.6 cm³/mol. The molecular formula is C14H18ClN3. The van der Waals surface area contributed by atoms with Crippen molar-refractivity contribution in [3.63, 3.8) is 0 Å². The zero-order valence-electron chi connectivity index (χ0n) is 10.9. The maximum Gasteiger partial charge on any atom is 0.124 e. The van der Waals surface area contributed by atoms with Crippen LogP contribution in [0.1, 0.15) is 32.5 Å². The molecule has 0 aromatic carbocycles. The van der Waals surface area contributed by atoms with Crippen LogP contribution in [-0.4, -0.2) is 14.5 Å². The van der Waals surface area contributed by atoms with E-state index in [4.69, 9.17) is 11.6 Å². The maximum absolute atomic E-state index is 6.03. The van der Waals surface area contributed by atoms with Gasteiger partial charge in [0.05, 0.1) is 17.6 Å². The molecular weight excluding hydrogens is 246 g/mol. The van der Waals surface area contributed by atoms with Crippen molar-refractivity contribution in [1.82, 2.24) is 14.5 Å². The van der Waals surface area contributed by atoms with Gasteiger partial charge in [0.15, 0.2) is 0 Å². The van der Waals surface area contributed by atoms with Crippen molar-refractivity contribution >= 4 is 22.6 Å². The Morgan fingerprint density at radius 2 is 2.22 bits per heavy atom. The van der Waals surface area contributed by atoms with E-state index in [-0.39, 0.29) is 0 Å². The normalized spacial score (nSPS) is 17.6. The van der Waals surface area contributed by atoms with Crippen molar-refractivity contribution in [1.29, 1.82) is 0 Å². The van der Waals surface area contributed by atoms with Crippen LogP contribution < -0.4 is 0 Å². The van der Waals surface area contributed by atoms with Crippen LogP contribution in [0.3, 0.4) is 0 Å². The molecule has 1 saturated carbocycles. The third-order valence-electron chi connectivity index (χ3n) is 4.34. The SMILES string of the molecule is CC(C)C1(Cn2c(CCl)nc3cnccc32)CC1. The van der Waals surface area contributed by atoms with Crippen molar-refractivity contribution in [2.24, 2.45) is 11.3 Å². The van der Waals surface area contributed by atoms with E-state index in [0.717, 1.165) is 23.4 Å². The van der Waals surface area contributed by atoms with Gasteiger partial charge in [0.25, 0.3) is 0 Å². The molecule has 0 unspecified atom stereocenters. The number of alkyl halides is 1. The van der Waals surface area contributed by atoms with Crippen LogP contribution in [0, 0.1) is 11.3 Å². The van der Waals surface area contributed by atoms with Crippen molar-refractivity contribution in [2.45, 2.75) is 39.1 Å². The summed E-state index contributed by atoms with van der Waals surface area (Å²) >= 11 is 6.03. The minimum Gasteiger partial charge on any atom is -0.326 e. The fourth-order valence-corrected chi connectivity index (χ4v) is 2.91. The lowest BCUT2D eigenvalue weighted by atomic mass is 9.92. The number of nitrogens with zero attached hydrogens (tertiary/aromatic N) is 3. The van der Waals surface area contributed by atoms with Crippen LogP contribution in [0.5, 0.6) is 0 Å². The molecule has 4 heteroatoms. The summed E-state index contributed by atoms with van der Waals surface area (Å²) in [4.78, 5) is 8.70. The molecule has 2 aromatic rings. The zero-order chi connectivity index (χ0) is 12.8. The second-order valence-electron chi connectivity index (χ2n) is 5.63. The fourth-order valence-electron chi connectivity index (χ4n) is 2.70. The number of pyridine rings is 1. The first kappa shape index (κ1) is 12.0. The molecule has 0 N–H and O–H groups in total. The van der Waals surface area contributed by atoms with Gasteiger partial charge in [0.1, 0.15) is 11.3 Å². The van der Waals surface area contributed by atoms with Crippen LogP contribution >= 0.6 is 11.6 Å². The van der Waals surface area contributed by atoms with E-state index in [9.17, 15) is 0 Å². The first-order chi connectivity index (χ1) is 8.66. The van der Waals surface area contributed by atoms with E-state index < -0.39 is 0 Å². The van der Waals surface area contributed by atoms with Crippen molar-refractivity contribution in [3.05, 3.63) is 24.3 Å². The molecule has 1 fully saturated rings. The molecule has 0 saturated heterocycles. The van der Waals surface area contributed by atoms with E-state index in [0.29, 0.717) is 17.2 Å². The predicted octanol–water partition coefficient (Wildman–Crippen LogP) is 3.61. The van der Waals surface area contributed by atoms with E-state index in [1.807, 2.05) is 18.5 Å². The van der Waals surface area contributed by atoms with Crippen LogP contribution in [0.4, 0.5) is 0 Å². The van der Waals surface area contributed by atoms with Gasteiger partial charge in [-0.1, -0.05) is 13.8 Å². The highest BCUT2D eigenvalue weighted by atomic mass is 35.5. The Morgan fingerprint density at radius 3 is 2.83 bits per heavy atom. The summed E-state index contributed by atoms with van der Waals surface area (Å²) in [6.07, 6.45) is 6.28. The summed E-state index contributed by atoms with van der Waals surface area (Å²) in [5.41, 5.74) is 2.57. The fraction of sp³-hybridized carbons (Fsp3) is 0.571. The van der Waals surface area contributed by atoms with Gasteiger partial charge >= 0.3 is 0 Å². The largest absolute Gasteiger partial charge is 0.326 e. The zero-order valence-corrected chi connectivity index (χ0v) is 11.6. The molecule has 3 nitrogen and oxygen atoms in total. The molecule has 18 heavy (non-hydrogen) atoms. The highest BCUT2D eigenvalue weighted by Crippen LogP contribution is 2.53. The lowest BCUT2D eigenvalue weighted by Crippen LogP contribution is -2.19. The summed E-state index contributed by atoms with van der Waals surface area (Å²) in [5.74, 6) is 2.13. The number of fused-ring (bicyclic) bond motifs is 1. The highest BCUT2D eigenvalue weighted by Gasteiger charge is 2.45. The van der Waals surface area contributed by atoms with Gasteiger partial charge in [0.2, 0.25) is 0 Å².